The number of hydrogen-bond donors (Lipinski definition) is 0. The number of benzene rings is 1. The van der Waals surface area contributed by atoms with E-state index in [1.165, 1.54) is 77.0 Å². The summed E-state index contributed by atoms with van der Waals surface area (Å²) in [6.45, 7) is 2.31. The van der Waals surface area contributed by atoms with Crippen molar-refractivity contribution in [3.8, 4) is 17.9 Å². The fourth-order valence-electron chi connectivity index (χ4n) is 5.18. The van der Waals surface area contributed by atoms with E-state index >= 15 is 0 Å². The maximum absolute atomic E-state index is 8.87. The molecular formula is C26H35N. The highest BCUT2D eigenvalue weighted by atomic mass is 14.4. The summed E-state index contributed by atoms with van der Waals surface area (Å²) >= 11 is 0. The minimum absolute atomic E-state index is 0.572. The summed E-state index contributed by atoms with van der Waals surface area (Å²) < 4.78 is 0. The van der Waals surface area contributed by atoms with Gasteiger partial charge in [0.05, 0.1) is 11.6 Å². The first-order chi connectivity index (χ1) is 13.3. The zero-order chi connectivity index (χ0) is 18.9. The van der Waals surface area contributed by atoms with Crippen LogP contribution in [0.15, 0.2) is 24.3 Å². The molecule has 0 atom stereocenters. The monoisotopic (exact) mass is 361 g/mol. The molecule has 0 radical (unpaired) electrons. The van der Waals surface area contributed by atoms with Crippen molar-refractivity contribution in [2.45, 2.75) is 84.0 Å². The van der Waals surface area contributed by atoms with Gasteiger partial charge >= 0.3 is 0 Å². The third-order valence-corrected chi connectivity index (χ3v) is 6.98. The fourth-order valence-corrected chi connectivity index (χ4v) is 5.18. The van der Waals surface area contributed by atoms with E-state index in [4.69, 9.17) is 5.26 Å². The van der Waals surface area contributed by atoms with Crippen molar-refractivity contribution in [3.63, 3.8) is 0 Å². The van der Waals surface area contributed by atoms with Gasteiger partial charge in [-0.3, -0.25) is 0 Å². The van der Waals surface area contributed by atoms with E-state index in [2.05, 4.69) is 24.8 Å². The lowest BCUT2D eigenvalue weighted by Crippen LogP contribution is -2.25. The predicted octanol–water partition coefficient (Wildman–Crippen LogP) is 7.10. The number of hydrogen-bond acceptors (Lipinski definition) is 1. The highest BCUT2D eigenvalue weighted by molar-refractivity contribution is 5.40. The molecule has 2 aliphatic carbocycles. The van der Waals surface area contributed by atoms with E-state index in [1.807, 2.05) is 24.3 Å². The molecule has 0 aromatic heterocycles. The molecule has 0 bridgehead atoms. The highest BCUT2D eigenvalue weighted by Crippen LogP contribution is 2.42. The standard InChI is InChI=1S/C26H35N/c1-2-3-4-5-21-12-16-25(17-13-21)26-18-14-23(15-19-26)7-6-22-8-10-24(20-27)11-9-22/h8-11,21,23,25-26H,2-5,12-19H2,1H3. The van der Waals surface area contributed by atoms with Crippen LogP contribution in [0.5, 0.6) is 0 Å². The molecule has 0 aliphatic heterocycles. The molecule has 0 N–H and O–H groups in total. The Bertz CT molecular complexity index is 653. The van der Waals surface area contributed by atoms with Crippen molar-refractivity contribution in [1.82, 2.24) is 0 Å². The molecule has 0 unspecified atom stereocenters. The Labute approximate surface area is 166 Å². The smallest absolute Gasteiger partial charge is 0.0991 e. The van der Waals surface area contributed by atoms with Gasteiger partial charge in [0.2, 0.25) is 0 Å². The topological polar surface area (TPSA) is 23.8 Å². The second kappa shape index (κ2) is 10.6. The van der Waals surface area contributed by atoms with Crippen LogP contribution in [0.2, 0.25) is 0 Å². The van der Waals surface area contributed by atoms with Gasteiger partial charge in [-0.25, -0.2) is 0 Å². The lowest BCUT2D eigenvalue weighted by atomic mass is 9.69. The average molecular weight is 362 g/mol. The van der Waals surface area contributed by atoms with Crippen molar-refractivity contribution in [3.05, 3.63) is 35.4 Å². The van der Waals surface area contributed by atoms with Gasteiger partial charge in [0.25, 0.3) is 0 Å². The molecule has 2 aliphatic rings. The maximum atomic E-state index is 8.87. The van der Waals surface area contributed by atoms with E-state index in [-0.39, 0.29) is 0 Å². The normalized spacial score (nSPS) is 28.0. The zero-order valence-electron chi connectivity index (χ0n) is 17.1. The first kappa shape index (κ1) is 20.0. The van der Waals surface area contributed by atoms with Crippen LogP contribution in [0.4, 0.5) is 0 Å². The molecule has 1 aromatic rings. The fraction of sp³-hybridized carbons (Fsp3) is 0.654. The predicted molar refractivity (Wildman–Crippen MR) is 113 cm³/mol. The third-order valence-electron chi connectivity index (χ3n) is 6.98. The van der Waals surface area contributed by atoms with Gasteiger partial charge in [0.15, 0.2) is 0 Å². The molecule has 0 heterocycles. The van der Waals surface area contributed by atoms with E-state index in [0.717, 1.165) is 23.3 Å². The second-order valence-corrected chi connectivity index (χ2v) is 8.85. The Hall–Kier alpha value is -1.73. The number of unbranched alkanes of at least 4 members (excludes halogenated alkanes) is 2. The molecule has 27 heavy (non-hydrogen) atoms. The van der Waals surface area contributed by atoms with Gasteiger partial charge in [-0.15, -0.1) is 0 Å². The van der Waals surface area contributed by atoms with Gasteiger partial charge in [0, 0.05) is 11.5 Å². The zero-order valence-corrected chi connectivity index (χ0v) is 17.1. The summed E-state index contributed by atoms with van der Waals surface area (Å²) in [6, 6.07) is 9.82. The van der Waals surface area contributed by atoms with Crippen molar-refractivity contribution in [2.75, 3.05) is 0 Å². The Morgan fingerprint density at radius 1 is 0.815 bits per heavy atom. The lowest BCUT2D eigenvalue weighted by molar-refractivity contribution is 0.153. The number of nitrogens with zero attached hydrogens (tertiary/aromatic N) is 1. The number of rotatable bonds is 5. The van der Waals surface area contributed by atoms with Crippen LogP contribution in [0.25, 0.3) is 0 Å². The van der Waals surface area contributed by atoms with Crippen LogP contribution in [0.1, 0.15) is 95.1 Å². The van der Waals surface area contributed by atoms with Gasteiger partial charge < -0.3 is 0 Å². The van der Waals surface area contributed by atoms with E-state index in [9.17, 15) is 0 Å². The van der Waals surface area contributed by atoms with E-state index in [0.29, 0.717) is 11.5 Å². The summed E-state index contributed by atoms with van der Waals surface area (Å²) in [5.41, 5.74) is 1.75. The molecular weight excluding hydrogens is 326 g/mol. The lowest BCUT2D eigenvalue weighted by Gasteiger charge is -2.37. The summed E-state index contributed by atoms with van der Waals surface area (Å²) in [6.07, 6.45) is 17.0. The molecule has 1 heteroatoms. The Morgan fingerprint density at radius 2 is 1.41 bits per heavy atom. The molecule has 0 spiro atoms. The molecule has 144 valence electrons. The van der Waals surface area contributed by atoms with E-state index in [1.54, 1.807) is 0 Å². The Kier molecular flexibility index (Phi) is 7.83. The summed E-state index contributed by atoms with van der Waals surface area (Å²) in [5.74, 6) is 10.4. The molecule has 2 fully saturated rings. The average Bonchev–Trinajstić information content (AvgIpc) is 2.74. The van der Waals surface area contributed by atoms with Crippen LogP contribution >= 0.6 is 0 Å². The molecule has 1 nitrogen and oxygen atoms in total. The minimum Gasteiger partial charge on any atom is -0.192 e. The third kappa shape index (κ3) is 6.14. The summed E-state index contributed by atoms with van der Waals surface area (Å²) in [5, 5.41) is 8.87. The number of nitriles is 1. The summed E-state index contributed by atoms with van der Waals surface area (Å²) in [7, 11) is 0. The quantitative estimate of drug-likeness (QED) is 0.405. The summed E-state index contributed by atoms with van der Waals surface area (Å²) in [4.78, 5) is 0. The van der Waals surface area contributed by atoms with Crippen molar-refractivity contribution in [1.29, 1.82) is 5.26 Å². The first-order valence-electron chi connectivity index (χ1n) is 11.3. The SMILES string of the molecule is CCCCCC1CCC(C2CCC(C#Cc3ccc(C#N)cc3)CC2)CC1. The van der Waals surface area contributed by atoms with Crippen LogP contribution in [-0.4, -0.2) is 0 Å². The largest absolute Gasteiger partial charge is 0.192 e. The maximum Gasteiger partial charge on any atom is 0.0991 e. The van der Waals surface area contributed by atoms with Crippen LogP contribution < -0.4 is 0 Å². The Morgan fingerprint density at radius 3 is 2.00 bits per heavy atom. The minimum atomic E-state index is 0.572. The van der Waals surface area contributed by atoms with Gasteiger partial charge in [-0.1, -0.05) is 57.3 Å². The van der Waals surface area contributed by atoms with Crippen molar-refractivity contribution < 1.29 is 0 Å². The van der Waals surface area contributed by atoms with Crippen molar-refractivity contribution in [2.24, 2.45) is 23.7 Å². The highest BCUT2D eigenvalue weighted by Gasteiger charge is 2.30. The Balaban J connectivity index is 1.39. The molecule has 1 aromatic carbocycles. The van der Waals surface area contributed by atoms with Crippen LogP contribution in [0.3, 0.4) is 0 Å². The van der Waals surface area contributed by atoms with E-state index < -0.39 is 0 Å². The van der Waals surface area contributed by atoms with Crippen LogP contribution in [0, 0.1) is 46.8 Å². The van der Waals surface area contributed by atoms with Crippen LogP contribution in [-0.2, 0) is 0 Å². The molecule has 0 amide bonds. The molecule has 3 rings (SSSR count). The van der Waals surface area contributed by atoms with Gasteiger partial charge in [0.1, 0.15) is 0 Å². The van der Waals surface area contributed by atoms with Gasteiger partial charge in [-0.05, 0) is 80.5 Å². The molecule has 2 saturated carbocycles. The molecule has 0 saturated heterocycles. The first-order valence-corrected chi connectivity index (χ1v) is 11.3. The second-order valence-electron chi connectivity index (χ2n) is 8.85. The van der Waals surface area contributed by atoms with Crippen molar-refractivity contribution >= 4 is 0 Å². The van der Waals surface area contributed by atoms with Gasteiger partial charge in [-0.2, -0.15) is 5.26 Å².